The van der Waals surface area contributed by atoms with E-state index in [-0.39, 0.29) is 35.2 Å². The molecule has 2 fully saturated rings. The Kier molecular flexibility index (Phi) is 5.12. The van der Waals surface area contributed by atoms with E-state index < -0.39 is 9.84 Å². The van der Waals surface area contributed by atoms with Crippen LogP contribution in [0.5, 0.6) is 5.75 Å². The SMILES string of the molecule is CC(C)=CCN1CCN(C(=O)c2ccc(C)c(O)c2)[C@H]2CS(=O)(=O)C[C@H]21. The van der Waals surface area contributed by atoms with Crippen molar-refractivity contribution < 1.29 is 18.3 Å². The van der Waals surface area contributed by atoms with Crippen molar-refractivity contribution in [2.24, 2.45) is 0 Å². The second-order valence-corrected chi connectivity index (χ2v) is 9.64. The Morgan fingerprint density at radius 2 is 1.92 bits per heavy atom. The molecule has 0 aliphatic carbocycles. The predicted octanol–water partition coefficient (Wildman–Crippen LogP) is 1.59. The summed E-state index contributed by atoms with van der Waals surface area (Å²) in [5, 5.41) is 9.90. The predicted molar refractivity (Wildman–Crippen MR) is 101 cm³/mol. The topological polar surface area (TPSA) is 77.9 Å². The largest absolute Gasteiger partial charge is 0.508 e. The second-order valence-electron chi connectivity index (χ2n) is 7.49. The number of carbonyl (C=O) groups is 1. The molecule has 2 atom stereocenters. The molecule has 6 nitrogen and oxygen atoms in total. The number of phenolic OH excluding ortho intramolecular Hbond substituents is 1. The molecule has 2 heterocycles. The summed E-state index contributed by atoms with van der Waals surface area (Å²) < 4.78 is 24.5. The number of nitrogens with zero attached hydrogens (tertiary/aromatic N) is 2. The molecule has 2 aliphatic rings. The van der Waals surface area contributed by atoms with Crippen LogP contribution in [0, 0.1) is 6.92 Å². The molecule has 1 aromatic rings. The summed E-state index contributed by atoms with van der Waals surface area (Å²) in [7, 11) is -3.17. The van der Waals surface area contributed by atoms with Crippen LogP contribution >= 0.6 is 0 Å². The van der Waals surface area contributed by atoms with Gasteiger partial charge in [0, 0.05) is 31.2 Å². The Hall–Kier alpha value is -1.86. The first kappa shape index (κ1) is 18.9. The molecule has 0 spiro atoms. The van der Waals surface area contributed by atoms with Gasteiger partial charge >= 0.3 is 0 Å². The lowest BCUT2D eigenvalue weighted by Crippen LogP contribution is -2.60. The first-order valence-electron chi connectivity index (χ1n) is 8.86. The first-order chi connectivity index (χ1) is 12.2. The van der Waals surface area contributed by atoms with Gasteiger partial charge in [0.05, 0.1) is 17.5 Å². The smallest absolute Gasteiger partial charge is 0.254 e. The molecule has 0 bridgehead atoms. The molecule has 26 heavy (non-hydrogen) atoms. The average molecular weight is 378 g/mol. The highest BCUT2D eigenvalue weighted by Crippen LogP contribution is 2.29. The highest BCUT2D eigenvalue weighted by Gasteiger charge is 2.47. The number of hydrogen-bond donors (Lipinski definition) is 1. The van der Waals surface area contributed by atoms with Crippen LogP contribution in [0.1, 0.15) is 29.8 Å². The van der Waals surface area contributed by atoms with Gasteiger partial charge in [0.25, 0.3) is 5.91 Å². The maximum absolute atomic E-state index is 13.0. The maximum atomic E-state index is 13.0. The number of carbonyl (C=O) groups excluding carboxylic acids is 1. The zero-order valence-electron chi connectivity index (χ0n) is 15.5. The molecule has 2 saturated heterocycles. The molecule has 7 heteroatoms. The van der Waals surface area contributed by atoms with Crippen LogP contribution < -0.4 is 0 Å². The molecular weight excluding hydrogens is 352 g/mol. The van der Waals surface area contributed by atoms with Crippen LogP contribution in [0.25, 0.3) is 0 Å². The van der Waals surface area contributed by atoms with E-state index in [1.807, 2.05) is 13.8 Å². The lowest BCUT2D eigenvalue weighted by Gasteiger charge is -2.43. The van der Waals surface area contributed by atoms with Crippen molar-refractivity contribution in [2.45, 2.75) is 32.9 Å². The highest BCUT2D eigenvalue weighted by atomic mass is 32.2. The summed E-state index contributed by atoms with van der Waals surface area (Å²) in [5.74, 6) is -0.0352. The summed E-state index contributed by atoms with van der Waals surface area (Å²) in [6.07, 6.45) is 2.09. The maximum Gasteiger partial charge on any atom is 0.254 e. The van der Waals surface area contributed by atoms with Crippen LogP contribution in [-0.2, 0) is 9.84 Å². The Labute approximate surface area is 155 Å². The van der Waals surface area contributed by atoms with Gasteiger partial charge < -0.3 is 10.0 Å². The number of phenols is 1. The van der Waals surface area contributed by atoms with Crippen molar-refractivity contribution in [1.82, 2.24) is 9.80 Å². The minimum absolute atomic E-state index is 0.00652. The fraction of sp³-hybridized carbons (Fsp3) is 0.526. The van der Waals surface area contributed by atoms with Gasteiger partial charge in [0.15, 0.2) is 9.84 Å². The van der Waals surface area contributed by atoms with E-state index in [2.05, 4.69) is 11.0 Å². The summed E-state index contributed by atoms with van der Waals surface area (Å²) in [5.41, 5.74) is 2.29. The number of aromatic hydroxyl groups is 1. The first-order valence-corrected chi connectivity index (χ1v) is 10.7. The number of aryl methyl sites for hydroxylation is 1. The van der Waals surface area contributed by atoms with Gasteiger partial charge in [-0.05, 0) is 38.5 Å². The van der Waals surface area contributed by atoms with Crippen LogP contribution in [-0.4, -0.2) is 72.5 Å². The van der Waals surface area contributed by atoms with Crippen LogP contribution in [0.2, 0.25) is 0 Å². The van der Waals surface area contributed by atoms with E-state index in [1.165, 1.54) is 11.6 Å². The minimum Gasteiger partial charge on any atom is -0.508 e. The third kappa shape index (κ3) is 3.78. The van der Waals surface area contributed by atoms with Gasteiger partial charge in [-0.15, -0.1) is 0 Å². The fourth-order valence-electron chi connectivity index (χ4n) is 3.71. The Morgan fingerprint density at radius 1 is 1.23 bits per heavy atom. The van der Waals surface area contributed by atoms with Crippen LogP contribution in [0.3, 0.4) is 0 Å². The number of rotatable bonds is 3. The normalized spacial score (nSPS) is 25.0. The molecule has 142 valence electrons. The molecule has 0 unspecified atom stereocenters. The molecule has 1 aromatic carbocycles. The molecule has 3 rings (SSSR count). The Balaban J connectivity index is 1.86. The third-order valence-electron chi connectivity index (χ3n) is 5.24. The van der Waals surface area contributed by atoms with E-state index in [0.717, 1.165) is 0 Å². The van der Waals surface area contributed by atoms with E-state index in [0.29, 0.717) is 30.8 Å². The van der Waals surface area contributed by atoms with Gasteiger partial charge in [-0.3, -0.25) is 9.69 Å². The van der Waals surface area contributed by atoms with E-state index in [1.54, 1.807) is 24.0 Å². The third-order valence-corrected chi connectivity index (χ3v) is 6.94. The molecule has 0 radical (unpaired) electrons. The van der Waals surface area contributed by atoms with Gasteiger partial charge in [-0.2, -0.15) is 0 Å². The highest BCUT2D eigenvalue weighted by molar-refractivity contribution is 7.91. The molecule has 2 aliphatic heterocycles. The Morgan fingerprint density at radius 3 is 2.58 bits per heavy atom. The number of allylic oxidation sites excluding steroid dienone is 1. The van der Waals surface area contributed by atoms with Gasteiger partial charge in [-0.25, -0.2) is 8.42 Å². The van der Waals surface area contributed by atoms with Gasteiger partial charge in [0.1, 0.15) is 5.75 Å². The van der Waals surface area contributed by atoms with Crippen molar-refractivity contribution in [1.29, 1.82) is 0 Å². The van der Waals surface area contributed by atoms with E-state index in [4.69, 9.17) is 0 Å². The summed E-state index contributed by atoms with van der Waals surface area (Å²) >= 11 is 0. The number of piperazine rings is 1. The standard InChI is InChI=1S/C19H26N2O4S/c1-13(2)6-7-20-8-9-21(17-12-26(24,25)11-16(17)20)19(23)15-5-4-14(3)18(22)10-15/h4-6,10,16-17,22H,7-9,11-12H2,1-3H3/t16-,17+/m1/s1. The molecule has 0 saturated carbocycles. The van der Waals surface area contributed by atoms with E-state index in [9.17, 15) is 18.3 Å². The summed E-state index contributed by atoms with van der Waals surface area (Å²) in [4.78, 5) is 16.8. The lowest BCUT2D eigenvalue weighted by atomic mass is 10.0. The minimum atomic E-state index is -3.17. The molecular formula is C19H26N2O4S. The van der Waals surface area contributed by atoms with Gasteiger partial charge in [0.2, 0.25) is 0 Å². The number of amides is 1. The molecule has 1 amide bonds. The zero-order valence-corrected chi connectivity index (χ0v) is 16.3. The number of fused-ring (bicyclic) bond motifs is 1. The number of sulfone groups is 1. The van der Waals surface area contributed by atoms with Crippen LogP contribution in [0.15, 0.2) is 29.8 Å². The summed E-state index contributed by atoms with van der Waals surface area (Å²) in [6, 6.07) is 4.34. The van der Waals surface area contributed by atoms with E-state index >= 15 is 0 Å². The van der Waals surface area contributed by atoms with Gasteiger partial charge in [-0.1, -0.05) is 17.7 Å². The second kappa shape index (κ2) is 7.04. The van der Waals surface area contributed by atoms with Crippen molar-refractivity contribution in [3.63, 3.8) is 0 Å². The quantitative estimate of drug-likeness (QED) is 0.808. The average Bonchev–Trinajstić information content (AvgIpc) is 2.89. The van der Waals surface area contributed by atoms with Crippen molar-refractivity contribution in [2.75, 3.05) is 31.1 Å². The van der Waals surface area contributed by atoms with Crippen molar-refractivity contribution >= 4 is 15.7 Å². The zero-order chi connectivity index (χ0) is 19.1. The monoisotopic (exact) mass is 378 g/mol. The fourth-order valence-corrected chi connectivity index (χ4v) is 5.72. The molecule has 1 N–H and O–H groups in total. The number of benzene rings is 1. The van der Waals surface area contributed by atoms with Crippen molar-refractivity contribution in [3.8, 4) is 5.75 Å². The lowest BCUT2D eigenvalue weighted by molar-refractivity contribution is 0.0368. The molecule has 0 aromatic heterocycles. The Bertz CT molecular complexity index is 843. The number of hydrogen-bond acceptors (Lipinski definition) is 5. The van der Waals surface area contributed by atoms with Crippen molar-refractivity contribution in [3.05, 3.63) is 41.0 Å². The van der Waals surface area contributed by atoms with Crippen LogP contribution in [0.4, 0.5) is 0 Å². The summed E-state index contributed by atoms with van der Waals surface area (Å²) in [6.45, 7) is 7.64.